The molecule has 2 aromatic carbocycles. The number of hydrogen-bond donors (Lipinski definition) is 1. The van der Waals surface area contributed by atoms with Gasteiger partial charge >= 0.3 is 5.63 Å². The monoisotopic (exact) mass is 324 g/mol. The number of fused-ring (bicyclic) bond motifs is 1. The fourth-order valence-corrected chi connectivity index (χ4v) is 2.89. The second-order valence-corrected chi connectivity index (χ2v) is 5.92. The van der Waals surface area contributed by atoms with Crippen molar-refractivity contribution >= 4 is 28.3 Å². The number of para-hydroxylation sites is 1. The molecule has 4 nitrogen and oxygen atoms in total. The summed E-state index contributed by atoms with van der Waals surface area (Å²) < 4.78 is 5.38. The van der Waals surface area contributed by atoms with Gasteiger partial charge in [-0.3, -0.25) is 0 Å². The quantitative estimate of drug-likeness (QED) is 0.728. The normalized spacial score (nSPS) is 17.1. The fourth-order valence-electron chi connectivity index (χ4n) is 2.76. The third kappa shape index (κ3) is 2.62. The molecule has 1 aliphatic heterocycles. The lowest BCUT2D eigenvalue weighted by Gasteiger charge is -2.09. The van der Waals surface area contributed by atoms with E-state index in [2.05, 4.69) is 10.5 Å². The van der Waals surface area contributed by atoms with Crippen molar-refractivity contribution in [2.75, 3.05) is 0 Å². The molecule has 3 aromatic rings. The van der Waals surface area contributed by atoms with Crippen LogP contribution in [0.4, 0.5) is 0 Å². The van der Waals surface area contributed by atoms with Crippen LogP contribution in [0.25, 0.3) is 11.0 Å². The molecule has 114 valence electrons. The molecule has 0 spiro atoms. The number of nitrogens with one attached hydrogen (secondary N) is 1. The summed E-state index contributed by atoms with van der Waals surface area (Å²) in [7, 11) is 0. The zero-order valence-electron chi connectivity index (χ0n) is 12.1. The Balaban J connectivity index is 1.66. The van der Waals surface area contributed by atoms with Crippen LogP contribution in [0.1, 0.15) is 23.6 Å². The average molecular weight is 325 g/mol. The lowest BCUT2D eigenvalue weighted by Crippen LogP contribution is -2.14. The van der Waals surface area contributed by atoms with Gasteiger partial charge in [0.1, 0.15) is 5.58 Å². The Morgan fingerprint density at radius 1 is 1.13 bits per heavy atom. The molecule has 0 aliphatic carbocycles. The van der Waals surface area contributed by atoms with E-state index in [1.807, 2.05) is 48.5 Å². The zero-order valence-corrected chi connectivity index (χ0v) is 12.9. The number of hydrogen-bond acceptors (Lipinski definition) is 4. The van der Waals surface area contributed by atoms with Crippen LogP contribution in [0.2, 0.25) is 5.02 Å². The topological polar surface area (TPSA) is 54.6 Å². The molecule has 1 aromatic heterocycles. The van der Waals surface area contributed by atoms with Crippen molar-refractivity contribution < 1.29 is 4.42 Å². The van der Waals surface area contributed by atoms with E-state index in [9.17, 15) is 4.79 Å². The smallest absolute Gasteiger partial charge is 0.345 e. The molecule has 0 saturated heterocycles. The zero-order chi connectivity index (χ0) is 15.8. The van der Waals surface area contributed by atoms with E-state index in [0.29, 0.717) is 28.3 Å². The largest absolute Gasteiger partial charge is 0.422 e. The van der Waals surface area contributed by atoms with Crippen LogP contribution in [0.15, 0.2) is 68.9 Å². The van der Waals surface area contributed by atoms with Crippen LogP contribution in [0, 0.1) is 0 Å². The van der Waals surface area contributed by atoms with Gasteiger partial charge in [0, 0.05) is 16.8 Å². The third-order valence-corrected chi connectivity index (χ3v) is 4.23. The number of hydrazone groups is 1. The first-order valence-electron chi connectivity index (χ1n) is 7.31. The van der Waals surface area contributed by atoms with Crippen LogP contribution in [0.5, 0.6) is 0 Å². The number of benzene rings is 2. The second kappa shape index (κ2) is 5.56. The molecule has 4 rings (SSSR count). The summed E-state index contributed by atoms with van der Waals surface area (Å²) >= 11 is 5.92. The summed E-state index contributed by atoms with van der Waals surface area (Å²) in [6, 6.07) is 16.9. The van der Waals surface area contributed by atoms with Crippen LogP contribution in [-0.2, 0) is 0 Å². The minimum Gasteiger partial charge on any atom is -0.422 e. The van der Waals surface area contributed by atoms with Gasteiger partial charge in [0.05, 0.1) is 17.3 Å². The molecule has 1 unspecified atom stereocenters. The second-order valence-electron chi connectivity index (χ2n) is 5.48. The summed E-state index contributed by atoms with van der Waals surface area (Å²) in [5.41, 5.74) is 5.61. The molecule has 0 bridgehead atoms. The molecule has 0 radical (unpaired) electrons. The van der Waals surface area contributed by atoms with Gasteiger partial charge in [-0.25, -0.2) is 4.79 Å². The van der Waals surface area contributed by atoms with Crippen molar-refractivity contribution in [1.29, 1.82) is 0 Å². The van der Waals surface area contributed by atoms with Crippen molar-refractivity contribution in [1.82, 2.24) is 5.43 Å². The fraction of sp³-hybridized carbons (Fsp3) is 0.111. The van der Waals surface area contributed by atoms with Crippen molar-refractivity contribution in [2.24, 2.45) is 5.10 Å². The van der Waals surface area contributed by atoms with E-state index in [1.165, 1.54) is 0 Å². The van der Waals surface area contributed by atoms with Gasteiger partial charge < -0.3 is 9.84 Å². The highest BCUT2D eigenvalue weighted by molar-refractivity contribution is 6.30. The molecule has 1 atom stereocenters. The molecule has 0 saturated carbocycles. The number of halogens is 1. The number of rotatable bonds is 2. The lowest BCUT2D eigenvalue weighted by molar-refractivity contribution is 0.559. The summed E-state index contributed by atoms with van der Waals surface area (Å²) in [6.45, 7) is 0. The SMILES string of the molecule is O=c1oc2ccccc2cc1C1=NNC(c2ccc(Cl)cc2)C1. The third-order valence-electron chi connectivity index (χ3n) is 3.98. The first-order valence-corrected chi connectivity index (χ1v) is 7.69. The summed E-state index contributed by atoms with van der Waals surface area (Å²) in [4.78, 5) is 12.2. The average Bonchev–Trinajstić information content (AvgIpc) is 3.04. The van der Waals surface area contributed by atoms with E-state index in [4.69, 9.17) is 16.0 Å². The highest BCUT2D eigenvalue weighted by Gasteiger charge is 2.23. The van der Waals surface area contributed by atoms with E-state index in [0.717, 1.165) is 10.9 Å². The highest BCUT2D eigenvalue weighted by Crippen LogP contribution is 2.25. The van der Waals surface area contributed by atoms with E-state index < -0.39 is 0 Å². The van der Waals surface area contributed by atoms with Crippen LogP contribution in [-0.4, -0.2) is 5.71 Å². The first-order chi connectivity index (χ1) is 11.2. The predicted octanol–water partition coefficient (Wildman–Crippen LogP) is 3.89. The van der Waals surface area contributed by atoms with Crippen LogP contribution < -0.4 is 11.1 Å². The molecule has 0 fully saturated rings. The van der Waals surface area contributed by atoms with Crippen molar-refractivity contribution in [2.45, 2.75) is 12.5 Å². The van der Waals surface area contributed by atoms with Gasteiger partial charge in [-0.2, -0.15) is 5.10 Å². The van der Waals surface area contributed by atoms with Gasteiger partial charge in [-0.05, 0) is 29.8 Å². The Hall–Kier alpha value is -2.59. The Morgan fingerprint density at radius 2 is 1.91 bits per heavy atom. The van der Waals surface area contributed by atoms with E-state index >= 15 is 0 Å². The van der Waals surface area contributed by atoms with Crippen molar-refractivity contribution in [3.05, 3.63) is 81.2 Å². The highest BCUT2D eigenvalue weighted by atomic mass is 35.5. The Bertz CT molecular complexity index is 961. The molecular weight excluding hydrogens is 312 g/mol. The molecule has 2 heterocycles. The maximum atomic E-state index is 12.2. The molecule has 23 heavy (non-hydrogen) atoms. The lowest BCUT2D eigenvalue weighted by atomic mass is 9.99. The van der Waals surface area contributed by atoms with Crippen LogP contribution in [0.3, 0.4) is 0 Å². The van der Waals surface area contributed by atoms with Crippen molar-refractivity contribution in [3.63, 3.8) is 0 Å². The minimum absolute atomic E-state index is 0.0353. The summed E-state index contributed by atoms with van der Waals surface area (Å²) in [5.74, 6) is 0. The van der Waals surface area contributed by atoms with Gasteiger partial charge in [0.15, 0.2) is 0 Å². The molecule has 1 N–H and O–H groups in total. The van der Waals surface area contributed by atoms with Gasteiger partial charge in [0.25, 0.3) is 0 Å². The van der Waals surface area contributed by atoms with Crippen molar-refractivity contribution in [3.8, 4) is 0 Å². The summed E-state index contributed by atoms with van der Waals surface area (Å²) in [6.07, 6.45) is 0.630. The van der Waals surface area contributed by atoms with E-state index in [-0.39, 0.29) is 11.7 Å². The summed E-state index contributed by atoms with van der Waals surface area (Å²) in [5, 5.41) is 5.91. The number of nitrogens with zero attached hydrogens (tertiary/aromatic N) is 1. The molecule has 0 amide bonds. The van der Waals surface area contributed by atoms with E-state index in [1.54, 1.807) is 6.07 Å². The van der Waals surface area contributed by atoms with Gasteiger partial charge in [-0.15, -0.1) is 0 Å². The molecule has 5 heteroatoms. The molecule has 1 aliphatic rings. The first kappa shape index (κ1) is 14.0. The van der Waals surface area contributed by atoms with Crippen LogP contribution >= 0.6 is 11.6 Å². The Kier molecular flexibility index (Phi) is 3.39. The predicted molar refractivity (Wildman–Crippen MR) is 91.0 cm³/mol. The van der Waals surface area contributed by atoms with Gasteiger partial charge in [-0.1, -0.05) is 41.9 Å². The Morgan fingerprint density at radius 3 is 2.74 bits per heavy atom. The maximum Gasteiger partial charge on any atom is 0.345 e. The van der Waals surface area contributed by atoms with Gasteiger partial charge in [0.2, 0.25) is 0 Å². The minimum atomic E-state index is -0.360. The standard InChI is InChI=1S/C18H13ClN2O2/c19-13-7-5-11(6-8-13)15-10-16(21-20-15)14-9-12-3-1-2-4-17(12)23-18(14)22/h1-9,15,20H,10H2. The Labute approximate surface area is 137 Å². The maximum absolute atomic E-state index is 12.2. The molecular formula is C18H13ClN2O2.